The number of hydrogen-bond donors (Lipinski definition) is 2. The van der Waals surface area contributed by atoms with Crippen molar-refractivity contribution < 1.29 is 9.47 Å². The van der Waals surface area contributed by atoms with Gasteiger partial charge >= 0.3 is 0 Å². The van der Waals surface area contributed by atoms with E-state index in [0.717, 1.165) is 37.4 Å². The Morgan fingerprint density at radius 2 is 1.95 bits per heavy atom. The fraction of sp³-hybridized carbons (Fsp3) is 0.625. The number of rotatable bonds is 10. The molecule has 0 aliphatic rings. The van der Waals surface area contributed by atoms with Gasteiger partial charge in [-0.05, 0) is 59.0 Å². The van der Waals surface area contributed by atoms with Gasteiger partial charge in [0.15, 0.2) is 11.5 Å². The summed E-state index contributed by atoms with van der Waals surface area (Å²) in [4.78, 5) is 0. The fourth-order valence-corrected chi connectivity index (χ4v) is 2.16. The zero-order valence-corrected chi connectivity index (χ0v) is 14.2. The molecule has 1 aromatic rings. The van der Waals surface area contributed by atoms with Crippen molar-refractivity contribution in [2.75, 3.05) is 26.7 Å². The Morgan fingerprint density at radius 1 is 1.19 bits per heavy atom. The molecule has 0 spiro atoms. The van der Waals surface area contributed by atoms with E-state index in [2.05, 4.69) is 10.6 Å². The highest BCUT2D eigenvalue weighted by Crippen LogP contribution is 2.34. The summed E-state index contributed by atoms with van der Waals surface area (Å²) >= 11 is 6.34. The van der Waals surface area contributed by atoms with Gasteiger partial charge in [0.1, 0.15) is 0 Å². The van der Waals surface area contributed by atoms with Gasteiger partial charge in [0.05, 0.1) is 12.7 Å². The number of benzene rings is 1. The molecule has 0 amide bonds. The van der Waals surface area contributed by atoms with Crippen molar-refractivity contribution in [2.24, 2.45) is 0 Å². The van der Waals surface area contributed by atoms with E-state index in [1.165, 1.54) is 0 Å². The summed E-state index contributed by atoms with van der Waals surface area (Å²) in [6.07, 6.45) is 1.17. The van der Waals surface area contributed by atoms with Crippen LogP contribution in [0.3, 0.4) is 0 Å². The Labute approximate surface area is 133 Å². The Morgan fingerprint density at radius 3 is 2.57 bits per heavy atom. The third-order valence-corrected chi connectivity index (χ3v) is 3.22. The van der Waals surface area contributed by atoms with Crippen LogP contribution in [0.1, 0.15) is 32.8 Å². The molecule has 1 aromatic carbocycles. The fourth-order valence-electron chi connectivity index (χ4n) is 1.94. The van der Waals surface area contributed by atoms with E-state index >= 15 is 0 Å². The molecule has 1 rings (SSSR count). The first-order valence-corrected chi connectivity index (χ1v) is 7.93. The van der Waals surface area contributed by atoms with Gasteiger partial charge in [-0.15, -0.1) is 0 Å². The van der Waals surface area contributed by atoms with Crippen LogP contribution in [0.2, 0.25) is 5.02 Å². The van der Waals surface area contributed by atoms with Crippen molar-refractivity contribution >= 4 is 11.6 Å². The normalized spacial score (nSPS) is 11.0. The van der Waals surface area contributed by atoms with Crippen LogP contribution >= 0.6 is 11.6 Å². The van der Waals surface area contributed by atoms with Gasteiger partial charge in [0.2, 0.25) is 0 Å². The summed E-state index contributed by atoms with van der Waals surface area (Å²) in [5, 5.41) is 7.22. The molecule has 0 radical (unpaired) electrons. The van der Waals surface area contributed by atoms with Gasteiger partial charge < -0.3 is 20.1 Å². The van der Waals surface area contributed by atoms with Gasteiger partial charge in [0, 0.05) is 17.6 Å². The van der Waals surface area contributed by atoms with E-state index in [4.69, 9.17) is 21.1 Å². The molecule has 0 unspecified atom stereocenters. The average molecular weight is 315 g/mol. The smallest absolute Gasteiger partial charge is 0.163 e. The standard InChI is InChI=1S/C16H27ClN2O2/c1-5-20-15-9-13(11-19-8-6-7-18-4)14(17)10-16(15)21-12(2)3/h9-10,12,18-19H,5-8,11H2,1-4H3. The summed E-state index contributed by atoms with van der Waals surface area (Å²) in [6.45, 7) is 9.22. The van der Waals surface area contributed by atoms with Crippen LogP contribution in [0.25, 0.3) is 0 Å². The SMILES string of the molecule is CCOc1cc(CNCCCNC)c(Cl)cc1OC(C)C. The second-order valence-electron chi connectivity index (χ2n) is 5.12. The number of nitrogens with one attached hydrogen (secondary N) is 2. The molecule has 0 heterocycles. The maximum Gasteiger partial charge on any atom is 0.163 e. The molecule has 0 atom stereocenters. The van der Waals surface area contributed by atoms with Crippen molar-refractivity contribution in [1.29, 1.82) is 0 Å². The first-order valence-electron chi connectivity index (χ1n) is 7.55. The highest BCUT2D eigenvalue weighted by Gasteiger charge is 2.12. The van der Waals surface area contributed by atoms with Gasteiger partial charge in [0.25, 0.3) is 0 Å². The Kier molecular flexibility index (Phi) is 8.50. The molecule has 2 N–H and O–H groups in total. The molecular formula is C16H27ClN2O2. The predicted octanol–water partition coefficient (Wildman–Crippen LogP) is 3.23. The van der Waals surface area contributed by atoms with Gasteiger partial charge in [-0.3, -0.25) is 0 Å². The molecular weight excluding hydrogens is 288 g/mol. The molecule has 0 aromatic heterocycles. The van der Waals surface area contributed by atoms with E-state index in [1.54, 1.807) is 0 Å². The first-order chi connectivity index (χ1) is 10.1. The van der Waals surface area contributed by atoms with Crippen molar-refractivity contribution in [3.05, 3.63) is 22.7 Å². The Bertz CT molecular complexity index is 425. The maximum absolute atomic E-state index is 6.34. The summed E-state index contributed by atoms with van der Waals surface area (Å²) in [7, 11) is 1.96. The second kappa shape index (κ2) is 9.87. The molecule has 0 bridgehead atoms. The van der Waals surface area contributed by atoms with E-state index in [9.17, 15) is 0 Å². The third-order valence-electron chi connectivity index (χ3n) is 2.87. The van der Waals surface area contributed by atoms with Crippen molar-refractivity contribution in [3.8, 4) is 11.5 Å². The molecule has 0 fully saturated rings. The van der Waals surface area contributed by atoms with Gasteiger partial charge in [-0.2, -0.15) is 0 Å². The number of ether oxygens (including phenoxy) is 2. The molecule has 0 aliphatic heterocycles. The van der Waals surface area contributed by atoms with Crippen LogP contribution < -0.4 is 20.1 Å². The lowest BCUT2D eigenvalue weighted by atomic mass is 10.2. The van der Waals surface area contributed by atoms with Crippen LogP contribution in [-0.2, 0) is 6.54 Å². The topological polar surface area (TPSA) is 42.5 Å². The summed E-state index contributed by atoms with van der Waals surface area (Å²) in [5.74, 6) is 1.46. The van der Waals surface area contributed by atoms with E-state index in [1.807, 2.05) is 40.0 Å². The van der Waals surface area contributed by atoms with E-state index in [-0.39, 0.29) is 6.10 Å². The van der Waals surface area contributed by atoms with Gasteiger partial charge in [-0.25, -0.2) is 0 Å². The lowest BCUT2D eigenvalue weighted by molar-refractivity contribution is 0.223. The summed E-state index contributed by atoms with van der Waals surface area (Å²) in [6, 6.07) is 3.81. The molecule has 0 aliphatic carbocycles. The van der Waals surface area contributed by atoms with Crippen LogP contribution in [0.5, 0.6) is 11.5 Å². The number of hydrogen-bond acceptors (Lipinski definition) is 4. The summed E-state index contributed by atoms with van der Waals surface area (Å²) < 4.78 is 11.4. The molecule has 0 saturated heterocycles. The Hall–Kier alpha value is -0.970. The number of halogens is 1. The van der Waals surface area contributed by atoms with Gasteiger partial charge in [-0.1, -0.05) is 11.6 Å². The van der Waals surface area contributed by atoms with Crippen LogP contribution in [0, 0.1) is 0 Å². The maximum atomic E-state index is 6.34. The minimum Gasteiger partial charge on any atom is -0.490 e. The highest BCUT2D eigenvalue weighted by molar-refractivity contribution is 6.31. The largest absolute Gasteiger partial charge is 0.490 e. The molecule has 4 nitrogen and oxygen atoms in total. The lowest BCUT2D eigenvalue weighted by Gasteiger charge is -2.17. The average Bonchev–Trinajstić information content (AvgIpc) is 2.42. The van der Waals surface area contributed by atoms with Crippen molar-refractivity contribution in [2.45, 2.75) is 39.8 Å². The zero-order valence-electron chi connectivity index (χ0n) is 13.5. The predicted molar refractivity (Wildman–Crippen MR) is 88.6 cm³/mol. The van der Waals surface area contributed by atoms with Crippen molar-refractivity contribution in [1.82, 2.24) is 10.6 Å². The zero-order chi connectivity index (χ0) is 15.7. The quantitative estimate of drug-likeness (QED) is 0.651. The first kappa shape index (κ1) is 18.1. The summed E-state index contributed by atoms with van der Waals surface area (Å²) in [5.41, 5.74) is 1.03. The van der Waals surface area contributed by atoms with Crippen molar-refractivity contribution in [3.63, 3.8) is 0 Å². The van der Waals surface area contributed by atoms with Crippen LogP contribution in [0.4, 0.5) is 0 Å². The van der Waals surface area contributed by atoms with Crippen LogP contribution in [0.15, 0.2) is 12.1 Å². The molecule has 21 heavy (non-hydrogen) atoms. The lowest BCUT2D eigenvalue weighted by Crippen LogP contribution is -2.19. The van der Waals surface area contributed by atoms with E-state index in [0.29, 0.717) is 17.4 Å². The minimum absolute atomic E-state index is 0.0887. The molecule has 120 valence electrons. The third kappa shape index (κ3) is 6.55. The minimum atomic E-state index is 0.0887. The molecule has 5 heteroatoms. The highest BCUT2D eigenvalue weighted by atomic mass is 35.5. The second-order valence-corrected chi connectivity index (χ2v) is 5.53. The Balaban J connectivity index is 2.73. The van der Waals surface area contributed by atoms with Crippen LogP contribution in [-0.4, -0.2) is 32.8 Å². The van der Waals surface area contributed by atoms with E-state index < -0.39 is 0 Å². The molecule has 0 saturated carbocycles. The monoisotopic (exact) mass is 314 g/mol.